The SMILES string of the molecule is C1CCCC1.Cc1cc(C)cc(P(c2cc(C)cc(C)c2)[C@@H](C)C2CCCC2P(c2ccco2)c2ccco2)c1.[Fe]. The van der Waals surface area contributed by atoms with Crippen LogP contribution in [0.4, 0.5) is 0 Å². The van der Waals surface area contributed by atoms with E-state index in [-0.39, 0.29) is 17.1 Å². The molecule has 6 rings (SSSR count). The van der Waals surface area contributed by atoms with E-state index in [4.69, 9.17) is 8.83 Å². The molecule has 5 heteroatoms. The zero-order valence-corrected chi connectivity index (χ0v) is 28.3. The van der Waals surface area contributed by atoms with E-state index in [0.717, 1.165) is 11.0 Å². The second kappa shape index (κ2) is 15.2. The molecule has 2 unspecified atom stereocenters. The van der Waals surface area contributed by atoms with E-state index < -0.39 is 15.8 Å². The summed E-state index contributed by atoms with van der Waals surface area (Å²) < 4.78 is 12.1. The van der Waals surface area contributed by atoms with Crippen LogP contribution in [0.3, 0.4) is 0 Å². The van der Waals surface area contributed by atoms with Gasteiger partial charge in [0, 0.05) is 25.0 Å². The molecular formula is C36H46FeO2P2. The number of furan rings is 2. The largest absolute Gasteiger partial charge is 0.464 e. The Hall–Kier alpha value is -1.62. The summed E-state index contributed by atoms with van der Waals surface area (Å²) in [5, 5.41) is 3.03. The number of hydrogen-bond acceptors (Lipinski definition) is 2. The summed E-state index contributed by atoms with van der Waals surface area (Å²) in [5.74, 6) is 0.629. The molecule has 2 aromatic heterocycles. The molecule has 2 fully saturated rings. The summed E-state index contributed by atoms with van der Waals surface area (Å²) in [4.78, 5) is 0. The van der Waals surface area contributed by atoms with Gasteiger partial charge in [0.2, 0.25) is 0 Å². The minimum absolute atomic E-state index is 0. The molecule has 2 aliphatic rings. The predicted octanol–water partition coefficient (Wildman–Crippen LogP) is 9.18. The van der Waals surface area contributed by atoms with Crippen LogP contribution in [0.25, 0.3) is 0 Å². The van der Waals surface area contributed by atoms with E-state index >= 15 is 0 Å². The molecule has 0 amide bonds. The molecule has 4 aromatic rings. The van der Waals surface area contributed by atoms with Crippen LogP contribution < -0.4 is 21.6 Å². The minimum atomic E-state index is -0.660. The van der Waals surface area contributed by atoms with Gasteiger partial charge in [-0.25, -0.2) is 0 Å². The number of hydrogen-bond donors (Lipinski definition) is 0. The van der Waals surface area contributed by atoms with Crippen LogP contribution in [0.1, 0.15) is 80.5 Å². The van der Waals surface area contributed by atoms with Gasteiger partial charge in [-0.2, -0.15) is 0 Å². The first-order valence-corrected chi connectivity index (χ1v) is 18.0. The van der Waals surface area contributed by atoms with E-state index in [1.54, 1.807) is 0 Å². The molecule has 2 aliphatic carbocycles. The molecule has 0 saturated heterocycles. The van der Waals surface area contributed by atoms with Gasteiger partial charge in [-0.15, -0.1) is 0 Å². The molecule has 0 spiro atoms. The second-order valence-corrected chi connectivity index (χ2v) is 16.9. The molecule has 0 radical (unpaired) electrons. The normalized spacial score (nSPS) is 19.2. The molecule has 2 heterocycles. The van der Waals surface area contributed by atoms with Crippen LogP contribution in [-0.2, 0) is 17.1 Å². The van der Waals surface area contributed by atoms with Crippen molar-refractivity contribution >= 4 is 37.5 Å². The fraction of sp³-hybridized carbons (Fsp3) is 0.444. The monoisotopic (exact) mass is 628 g/mol. The molecule has 41 heavy (non-hydrogen) atoms. The molecule has 2 saturated carbocycles. The quantitative estimate of drug-likeness (QED) is 0.151. The first kappa shape index (κ1) is 32.3. The second-order valence-electron chi connectivity index (χ2n) is 12.0. The molecular weight excluding hydrogens is 582 g/mol. The van der Waals surface area contributed by atoms with E-state index in [0.29, 0.717) is 17.2 Å². The maximum absolute atomic E-state index is 6.03. The zero-order chi connectivity index (χ0) is 28.1. The fourth-order valence-corrected chi connectivity index (χ4v) is 13.4. The van der Waals surface area contributed by atoms with Crippen molar-refractivity contribution in [3.05, 3.63) is 95.4 Å². The molecule has 3 atom stereocenters. The van der Waals surface area contributed by atoms with Gasteiger partial charge in [0.05, 0.1) is 12.5 Å². The van der Waals surface area contributed by atoms with Crippen molar-refractivity contribution in [3.63, 3.8) is 0 Å². The van der Waals surface area contributed by atoms with E-state index in [9.17, 15) is 0 Å². The Bertz CT molecular complexity index is 1210. The van der Waals surface area contributed by atoms with Gasteiger partial charge in [-0.3, -0.25) is 0 Å². The summed E-state index contributed by atoms with van der Waals surface area (Å²) >= 11 is 0. The topological polar surface area (TPSA) is 26.3 Å². The third kappa shape index (κ3) is 8.06. The van der Waals surface area contributed by atoms with Crippen LogP contribution in [-0.4, -0.2) is 11.3 Å². The van der Waals surface area contributed by atoms with Crippen molar-refractivity contribution in [1.82, 2.24) is 0 Å². The van der Waals surface area contributed by atoms with E-state index in [1.165, 1.54) is 84.2 Å². The summed E-state index contributed by atoms with van der Waals surface area (Å²) in [7, 11) is -1.17. The van der Waals surface area contributed by atoms with Gasteiger partial charge >= 0.3 is 0 Å². The third-order valence-electron chi connectivity index (χ3n) is 8.60. The summed E-state index contributed by atoms with van der Waals surface area (Å²) in [6.07, 6.45) is 14.9. The van der Waals surface area contributed by atoms with Crippen LogP contribution >= 0.6 is 15.8 Å². The van der Waals surface area contributed by atoms with Crippen LogP contribution in [0.5, 0.6) is 0 Å². The Balaban J connectivity index is 0.000000584. The number of rotatable bonds is 7. The van der Waals surface area contributed by atoms with Gasteiger partial charge in [0.15, 0.2) is 0 Å². The Morgan fingerprint density at radius 1 is 0.634 bits per heavy atom. The van der Waals surface area contributed by atoms with Gasteiger partial charge < -0.3 is 8.83 Å². The maximum atomic E-state index is 6.03. The standard InChI is InChI=1S/C31H36O2P2.C5H10.Fe/c1-21-15-22(2)18-26(17-21)34(27-19-23(3)16-24(4)20-27)25(5)28-9-6-10-29(28)35(30-11-7-13-32-30)31-12-8-14-33-31;1-2-4-5-3-1;/h7-8,11-20,25,28-29H,6,9-10H2,1-5H3;1-5H2;/t25-,28?,29?;;/m0../s1. The zero-order valence-electron chi connectivity index (χ0n) is 25.4. The first-order chi connectivity index (χ1) is 19.4. The number of benzene rings is 2. The average Bonchev–Trinajstić information content (AvgIpc) is 3.74. The van der Waals surface area contributed by atoms with Crippen molar-refractivity contribution in [1.29, 1.82) is 0 Å². The van der Waals surface area contributed by atoms with Crippen LogP contribution in [0.15, 0.2) is 82.0 Å². The molecule has 0 N–H and O–H groups in total. The van der Waals surface area contributed by atoms with Crippen LogP contribution in [0.2, 0.25) is 0 Å². The van der Waals surface area contributed by atoms with Gasteiger partial charge in [0.25, 0.3) is 0 Å². The Labute approximate surface area is 261 Å². The Kier molecular flexibility index (Phi) is 12.0. The van der Waals surface area contributed by atoms with Gasteiger partial charge in [-0.1, -0.05) is 104 Å². The summed E-state index contributed by atoms with van der Waals surface area (Å²) in [6.45, 7) is 11.5. The maximum Gasteiger partial charge on any atom is 0.133 e. The molecule has 0 aliphatic heterocycles. The van der Waals surface area contributed by atoms with E-state index in [2.05, 4.69) is 83.1 Å². The Morgan fingerprint density at radius 3 is 1.46 bits per heavy atom. The first-order valence-electron chi connectivity index (χ1n) is 15.2. The van der Waals surface area contributed by atoms with Gasteiger partial charge in [0.1, 0.15) is 11.0 Å². The third-order valence-corrected chi connectivity index (χ3v) is 14.2. The molecule has 2 aromatic carbocycles. The Morgan fingerprint density at radius 2 is 1.07 bits per heavy atom. The fourth-order valence-electron chi connectivity index (χ4n) is 6.98. The smallest absolute Gasteiger partial charge is 0.133 e. The predicted molar refractivity (Wildman–Crippen MR) is 175 cm³/mol. The molecule has 2 nitrogen and oxygen atoms in total. The summed E-state index contributed by atoms with van der Waals surface area (Å²) in [5.41, 5.74) is 8.78. The van der Waals surface area contributed by atoms with E-state index in [1.807, 2.05) is 24.7 Å². The van der Waals surface area contributed by atoms with Crippen molar-refractivity contribution in [3.8, 4) is 0 Å². The van der Waals surface area contributed by atoms with Gasteiger partial charge in [-0.05, 0) is 101 Å². The van der Waals surface area contributed by atoms with Crippen LogP contribution in [0, 0.1) is 33.6 Å². The van der Waals surface area contributed by atoms with Crippen molar-refractivity contribution in [2.45, 2.75) is 97.3 Å². The van der Waals surface area contributed by atoms with Crippen molar-refractivity contribution < 1.29 is 25.9 Å². The summed E-state index contributed by atoms with van der Waals surface area (Å²) in [6, 6.07) is 22.7. The minimum Gasteiger partial charge on any atom is -0.464 e. The number of aryl methyl sites for hydroxylation is 4. The molecule has 220 valence electrons. The van der Waals surface area contributed by atoms with Crippen molar-refractivity contribution in [2.24, 2.45) is 5.92 Å². The van der Waals surface area contributed by atoms with Crippen molar-refractivity contribution in [2.75, 3.05) is 0 Å². The molecule has 0 bridgehead atoms. The average molecular weight is 629 g/mol.